The van der Waals surface area contributed by atoms with Crippen molar-refractivity contribution in [3.63, 3.8) is 0 Å². The van der Waals surface area contributed by atoms with Gasteiger partial charge in [0.1, 0.15) is 0 Å². The van der Waals surface area contributed by atoms with Crippen LogP contribution in [0.3, 0.4) is 0 Å². The van der Waals surface area contributed by atoms with Gasteiger partial charge in [0.05, 0.1) is 0 Å². The van der Waals surface area contributed by atoms with Gasteiger partial charge in [0.25, 0.3) is 5.91 Å². The number of nitrogens with one attached hydrogen (secondary N) is 1. The number of hydrogen-bond donors (Lipinski definition) is 1. The predicted octanol–water partition coefficient (Wildman–Crippen LogP) is 2.36. The molecule has 20 heavy (non-hydrogen) atoms. The topological polar surface area (TPSA) is 54.4 Å². The molecule has 1 aromatic carbocycles. The van der Waals surface area contributed by atoms with Gasteiger partial charge in [-0.2, -0.15) is 5.10 Å². The molecule has 4 heteroatoms. The fraction of sp³-hybridized carbons (Fsp3) is 0.188. The molecule has 1 heterocycles. The highest BCUT2D eigenvalue weighted by Gasteiger charge is 2.14. The van der Waals surface area contributed by atoms with E-state index in [-0.39, 0.29) is 5.91 Å². The number of carbonyl (C=O) groups is 1. The third kappa shape index (κ3) is 2.74. The van der Waals surface area contributed by atoms with E-state index in [0.29, 0.717) is 5.56 Å². The maximum atomic E-state index is 11.9. The van der Waals surface area contributed by atoms with Gasteiger partial charge in [-0.25, -0.2) is 5.43 Å². The first-order valence-electron chi connectivity index (χ1n) is 6.65. The Balaban J connectivity index is 1.68. The van der Waals surface area contributed by atoms with E-state index in [0.717, 1.165) is 25.0 Å². The minimum atomic E-state index is -0.196. The lowest BCUT2D eigenvalue weighted by Gasteiger charge is -2.17. The van der Waals surface area contributed by atoms with Gasteiger partial charge in [0.15, 0.2) is 0 Å². The molecule has 0 spiro atoms. The summed E-state index contributed by atoms with van der Waals surface area (Å²) < 4.78 is 0. The molecule has 1 aromatic heterocycles. The molecular weight excluding hydrogens is 250 g/mol. The number of aromatic nitrogens is 1. The summed E-state index contributed by atoms with van der Waals surface area (Å²) in [5, 5.41) is 4.26. The van der Waals surface area contributed by atoms with E-state index in [2.05, 4.69) is 33.7 Å². The van der Waals surface area contributed by atoms with Gasteiger partial charge in [0, 0.05) is 30.1 Å². The summed E-state index contributed by atoms with van der Waals surface area (Å²) in [6.07, 6.45) is 5.89. The van der Waals surface area contributed by atoms with Gasteiger partial charge in [-0.05, 0) is 36.1 Å². The molecule has 3 rings (SSSR count). The second-order valence-corrected chi connectivity index (χ2v) is 4.80. The Morgan fingerprint density at radius 3 is 2.60 bits per heavy atom. The van der Waals surface area contributed by atoms with Gasteiger partial charge in [-0.1, -0.05) is 24.3 Å². The van der Waals surface area contributed by atoms with Crippen LogP contribution < -0.4 is 5.43 Å². The van der Waals surface area contributed by atoms with Gasteiger partial charge >= 0.3 is 0 Å². The van der Waals surface area contributed by atoms with Crippen molar-refractivity contribution in [2.45, 2.75) is 19.3 Å². The molecule has 0 atom stereocenters. The zero-order chi connectivity index (χ0) is 13.8. The smallest absolute Gasteiger partial charge is 0.267 e. The molecule has 0 saturated heterocycles. The maximum Gasteiger partial charge on any atom is 0.271 e. The van der Waals surface area contributed by atoms with Crippen LogP contribution in [0, 0.1) is 0 Å². The second-order valence-electron chi connectivity index (χ2n) is 4.80. The summed E-state index contributed by atoms with van der Waals surface area (Å²) in [4.78, 5) is 15.8. The highest BCUT2D eigenvalue weighted by molar-refractivity contribution is 5.96. The summed E-state index contributed by atoms with van der Waals surface area (Å²) in [7, 11) is 0. The second kappa shape index (κ2) is 5.65. The van der Waals surface area contributed by atoms with Gasteiger partial charge in [0.2, 0.25) is 0 Å². The van der Waals surface area contributed by atoms with Gasteiger partial charge in [-0.3, -0.25) is 9.78 Å². The third-order valence-electron chi connectivity index (χ3n) is 3.45. The lowest BCUT2D eigenvalue weighted by Crippen LogP contribution is -2.22. The normalized spacial score (nSPS) is 15.7. The maximum absolute atomic E-state index is 11.9. The van der Waals surface area contributed by atoms with Crippen molar-refractivity contribution in [2.75, 3.05) is 0 Å². The van der Waals surface area contributed by atoms with E-state index in [9.17, 15) is 4.79 Å². The van der Waals surface area contributed by atoms with Crippen molar-refractivity contribution in [1.82, 2.24) is 10.4 Å². The minimum Gasteiger partial charge on any atom is -0.267 e. The van der Waals surface area contributed by atoms with E-state index >= 15 is 0 Å². The van der Waals surface area contributed by atoms with Crippen molar-refractivity contribution < 1.29 is 4.79 Å². The van der Waals surface area contributed by atoms with Gasteiger partial charge < -0.3 is 0 Å². The zero-order valence-electron chi connectivity index (χ0n) is 11.0. The molecule has 0 bridgehead atoms. The standard InChI is InChI=1S/C16H15N3O/c20-16(13-7-9-17-10-8-13)19-18-15-6-5-12-3-1-2-4-14(12)11-15/h1-4,7-10H,5-6,11H2,(H,19,20)/b18-15-. The van der Waals surface area contributed by atoms with E-state index in [4.69, 9.17) is 0 Å². The fourth-order valence-corrected chi connectivity index (χ4v) is 2.35. The van der Waals surface area contributed by atoms with Crippen LogP contribution in [0.2, 0.25) is 0 Å². The summed E-state index contributed by atoms with van der Waals surface area (Å²) in [5.74, 6) is -0.196. The summed E-state index contributed by atoms with van der Waals surface area (Å²) in [6, 6.07) is 11.7. The summed E-state index contributed by atoms with van der Waals surface area (Å²) >= 11 is 0. The fourth-order valence-electron chi connectivity index (χ4n) is 2.35. The molecule has 1 N–H and O–H groups in total. The molecule has 0 unspecified atom stereocenters. The zero-order valence-corrected chi connectivity index (χ0v) is 11.0. The predicted molar refractivity (Wildman–Crippen MR) is 77.6 cm³/mol. The summed E-state index contributed by atoms with van der Waals surface area (Å²) in [5.41, 5.74) is 6.89. The Hall–Kier alpha value is -2.49. The van der Waals surface area contributed by atoms with Crippen LogP contribution in [0.15, 0.2) is 53.9 Å². The quantitative estimate of drug-likeness (QED) is 0.847. The van der Waals surface area contributed by atoms with Crippen LogP contribution in [-0.2, 0) is 12.8 Å². The number of hydrazone groups is 1. The Labute approximate surface area is 117 Å². The van der Waals surface area contributed by atoms with Crippen molar-refractivity contribution in [3.8, 4) is 0 Å². The molecule has 0 aliphatic heterocycles. The first kappa shape index (κ1) is 12.5. The molecule has 100 valence electrons. The average Bonchev–Trinajstić information content (AvgIpc) is 2.53. The number of carbonyl (C=O) groups excluding carboxylic acids is 1. The highest BCUT2D eigenvalue weighted by atomic mass is 16.2. The lowest BCUT2D eigenvalue weighted by atomic mass is 9.90. The van der Waals surface area contributed by atoms with Crippen molar-refractivity contribution in [1.29, 1.82) is 0 Å². The number of amides is 1. The SMILES string of the molecule is O=C(N/N=C1/CCc2ccccc2C1)c1ccncc1. The number of benzene rings is 1. The number of fused-ring (bicyclic) bond motifs is 1. The van der Waals surface area contributed by atoms with E-state index in [1.807, 2.05) is 6.07 Å². The van der Waals surface area contributed by atoms with E-state index in [1.54, 1.807) is 24.5 Å². The van der Waals surface area contributed by atoms with Gasteiger partial charge in [-0.15, -0.1) is 0 Å². The van der Waals surface area contributed by atoms with Crippen LogP contribution in [-0.4, -0.2) is 16.6 Å². The van der Waals surface area contributed by atoms with Crippen LogP contribution in [0.5, 0.6) is 0 Å². The Morgan fingerprint density at radius 2 is 1.80 bits per heavy atom. The van der Waals surface area contributed by atoms with Crippen LogP contribution in [0.4, 0.5) is 0 Å². The van der Waals surface area contributed by atoms with Crippen molar-refractivity contribution in [2.24, 2.45) is 5.10 Å². The van der Waals surface area contributed by atoms with Crippen LogP contribution >= 0.6 is 0 Å². The number of aryl methyl sites for hydroxylation is 1. The number of hydrogen-bond acceptors (Lipinski definition) is 3. The largest absolute Gasteiger partial charge is 0.271 e. The lowest BCUT2D eigenvalue weighted by molar-refractivity contribution is 0.0954. The minimum absolute atomic E-state index is 0.196. The number of pyridine rings is 1. The first-order valence-corrected chi connectivity index (χ1v) is 6.65. The molecule has 0 saturated carbocycles. The Bertz CT molecular complexity index is 650. The molecule has 2 aromatic rings. The molecule has 4 nitrogen and oxygen atoms in total. The molecule has 1 amide bonds. The molecule has 1 aliphatic carbocycles. The third-order valence-corrected chi connectivity index (χ3v) is 3.45. The number of rotatable bonds is 2. The van der Waals surface area contributed by atoms with E-state index in [1.165, 1.54) is 11.1 Å². The average molecular weight is 265 g/mol. The Morgan fingerprint density at radius 1 is 1.05 bits per heavy atom. The molecule has 0 radical (unpaired) electrons. The monoisotopic (exact) mass is 265 g/mol. The van der Waals surface area contributed by atoms with Crippen molar-refractivity contribution in [3.05, 3.63) is 65.5 Å². The number of nitrogens with zero attached hydrogens (tertiary/aromatic N) is 2. The van der Waals surface area contributed by atoms with Crippen molar-refractivity contribution >= 4 is 11.6 Å². The molecule has 1 aliphatic rings. The molecular formula is C16H15N3O. The first-order chi connectivity index (χ1) is 9.83. The summed E-state index contributed by atoms with van der Waals surface area (Å²) in [6.45, 7) is 0. The highest BCUT2D eigenvalue weighted by Crippen LogP contribution is 2.18. The molecule has 0 fully saturated rings. The Kier molecular flexibility index (Phi) is 3.54. The van der Waals surface area contributed by atoms with Crippen LogP contribution in [0.25, 0.3) is 0 Å². The van der Waals surface area contributed by atoms with E-state index < -0.39 is 0 Å². The van der Waals surface area contributed by atoms with Crippen LogP contribution in [0.1, 0.15) is 27.9 Å².